The van der Waals surface area contributed by atoms with Crippen LogP contribution in [0, 0.1) is 11.8 Å². The van der Waals surface area contributed by atoms with E-state index in [9.17, 15) is 0 Å². The molecule has 1 saturated carbocycles. The van der Waals surface area contributed by atoms with Crippen molar-refractivity contribution in [2.45, 2.75) is 58.0 Å². The molecular weight excluding hydrogens is 184 g/mol. The molecule has 0 spiro atoms. The zero-order valence-electron chi connectivity index (χ0n) is 10.5. The van der Waals surface area contributed by atoms with E-state index < -0.39 is 0 Å². The van der Waals surface area contributed by atoms with Gasteiger partial charge in [0.2, 0.25) is 0 Å². The second kappa shape index (κ2) is 4.06. The Bertz CT molecular complexity index is 223. The third kappa shape index (κ3) is 1.94. The van der Waals surface area contributed by atoms with Crippen molar-refractivity contribution in [1.82, 2.24) is 4.90 Å². The highest BCUT2D eigenvalue weighted by atomic mass is 15.3. The van der Waals surface area contributed by atoms with Crippen LogP contribution in [0.4, 0.5) is 0 Å². The molecule has 2 unspecified atom stereocenters. The van der Waals surface area contributed by atoms with Crippen LogP contribution < -0.4 is 5.73 Å². The van der Waals surface area contributed by atoms with Crippen molar-refractivity contribution in [1.29, 1.82) is 0 Å². The Kier molecular flexibility index (Phi) is 3.09. The molecule has 2 heteroatoms. The van der Waals surface area contributed by atoms with E-state index in [1.807, 2.05) is 0 Å². The minimum absolute atomic E-state index is 0.297. The molecule has 2 nitrogen and oxygen atoms in total. The van der Waals surface area contributed by atoms with Crippen molar-refractivity contribution >= 4 is 0 Å². The Morgan fingerprint density at radius 1 is 1.33 bits per heavy atom. The zero-order valence-corrected chi connectivity index (χ0v) is 10.5. The zero-order chi connectivity index (χ0) is 11.1. The fourth-order valence-corrected chi connectivity index (χ4v) is 3.34. The van der Waals surface area contributed by atoms with Gasteiger partial charge >= 0.3 is 0 Å². The fourth-order valence-electron chi connectivity index (χ4n) is 3.34. The predicted octanol–water partition coefficient (Wildman–Crippen LogP) is 2.23. The van der Waals surface area contributed by atoms with E-state index in [1.165, 1.54) is 32.2 Å². The molecule has 2 N–H and O–H groups in total. The lowest BCUT2D eigenvalue weighted by Crippen LogP contribution is -2.56. The molecule has 2 aliphatic rings. The van der Waals surface area contributed by atoms with E-state index in [2.05, 4.69) is 25.7 Å². The van der Waals surface area contributed by atoms with E-state index in [-0.39, 0.29) is 0 Å². The van der Waals surface area contributed by atoms with Gasteiger partial charge in [-0.1, -0.05) is 13.8 Å². The van der Waals surface area contributed by atoms with Gasteiger partial charge in [0.25, 0.3) is 0 Å². The third-order valence-corrected chi connectivity index (χ3v) is 4.60. The van der Waals surface area contributed by atoms with E-state index in [0.717, 1.165) is 24.4 Å². The quantitative estimate of drug-likeness (QED) is 0.771. The van der Waals surface area contributed by atoms with Crippen LogP contribution in [0.15, 0.2) is 0 Å². The smallest absolute Gasteiger partial charge is 0.0334 e. The normalized spacial score (nSPS) is 32.2. The lowest BCUT2D eigenvalue weighted by atomic mass is 9.90. The van der Waals surface area contributed by atoms with E-state index in [4.69, 9.17) is 5.73 Å². The molecule has 2 rings (SSSR count). The van der Waals surface area contributed by atoms with Crippen molar-refractivity contribution in [3.8, 4) is 0 Å². The summed E-state index contributed by atoms with van der Waals surface area (Å²) < 4.78 is 0. The summed E-state index contributed by atoms with van der Waals surface area (Å²) >= 11 is 0. The topological polar surface area (TPSA) is 29.3 Å². The molecule has 1 aliphatic heterocycles. The molecule has 0 radical (unpaired) electrons. The fraction of sp³-hybridized carbons (Fsp3) is 1.00. The van der Waals surface area contributed by atoms with Crippen LogP contribution in [-0.2, 0) is 0 Å². The van der Waals surface area contributed by atoms with Crippen molar-refractivity contribution in [2.75, 3.05) is 13.1 Å². The second-order valence-electron chi connectivity index (χ2n) is 5.98. The summed E-state index contributed by atoms with van der Waals surface area (Å²) in [6.07, 6.45) is 5.54. The van der Waals surface area contributed by atoms with Crippen LogP contribution in [0.25, 0.3) is 0 Å². The Hall–Kier alpha value is -0.0800. The van der Waals surface area contributed by atoms with Crippen LogP contribution in [0.3, 0.4) is 0 Å². The number of hydrogen-bond donors (Lipinski definition) is 1. The van der Waals surface area contributed by atoms with Crippen molar-refractivity contribution in [2.24, 2.45) is 17.6 Å². The average molecular weight is 210 g/mol. The molecule has 0 aromatic carbocycles. The first kappa shape index (κ1) is 11.4. The Morgan fingerprint density at radius 2 is 2.00 bits per heavy atom. The van der Waals surface area contributed by atoms with Gasteiger partial charge in [-0.25, -0.2) is 0 Å². The molecule has 0 aromatic heterocycles. The summed E-state index contributed by atoms with van der Waals surface area (Å²) in [6, 6.07) is 0.777. The number of rotatable bonds is 4. The van der Waals surface area contributed by atoms with E-state index >= 15 is 0 Å². The standard InChI is InChI=1S/C13H26N2/c1-10(2)12-5-4-8-15(12)13(3,9-14)11-6-7-11/h10-12H,4-9,14H2,1-3H3. The predicted molar refractivity (Wildman–Crippen MR) is 64.7 cm³/mol. The van der Waals surface area contributed by atoms with E-state index in [1.54, 1.807) is 0 Å². The van der Waals surface area contributed by atoms with Gasteiger partial charge in [-0.3, -0.25) is 4.90 Å². The molecule has 2 fully saturated rings. The largest absolute Gasteiger partial charge is 0.329 e. The van der Waals surface area contributed by atoms with Crippen LogP contribution in [0.1, 0.15) is 46.5 Å². The van der Waals surface area contributed by atoms with Gasteiger partial charge in [-0.05, 0) is 51.0 Å². The minimum Gasteiger partial charge on any atom is -0.329 e. The Balaban J connectivity index is 2.12. The molecule has 0 amide bonds. The molecular formula is C13H26N2. The first-order valence-corrected chi connectivity index (χ1v) is 6.56. The molecule has 1 saturated heterocycles. The molecule has 2 atom stereocenters. The first-order valence-electron chi connectivity index (χ1n) is 6.56. The summed E-state index contributed by atoms with van der Waals surface area (Å²) in [7, 11) is 0. The van der Waals surface area contributed by atoms with Gasteiger partial charge < -0.3 is 5.73 Å². The van der Waals surface area contributed by atoms with Gasteiger partial charge in [0, 0.05) is 18.1 Å². The molecule has 0 bridgehead atoms. The number of nitrogens with two attached hydrogens (primary N) is 1. The minimum atomic E-state index is 0.297. The van der Waals surface area contributed by atoms with Crippen LogP contribution >= 0.6 is 0 Å². The maximum atomic E-state index is 6.05. The number of nitrogens with zero attached hydrogens (tertiary/aromatic N) is 1. The Labute approximate surface area is 94.2 Å². The molecule has 15 heavy (non-hydrogen) atoms. The van der Waals surface area contributed by atoms with E-state index in [0.29, 0.717) is 5.54 Å². The third-order valence-electron chi connectivity index (χ3n) is 4.60. The van der Waals surface area contributed by atoms with Gasteiger partial charge in [0.1, 0.15) is 0 Å². The lowest BCUT2D eigenvalue weighted by Gasteiger charge is -2.43. The molecule has 88 valence electrons. The monoisotopic (exact) mass is 210 g/mol. The number of hydrogen-bond acceptors (Lipinski definition) is 2. The highest BCUT2D eigenvalue weighted by molar-refractivity contribution is 5.04. The van der Waals surface area contributed by atoms with Crippen molar-refractivity contribution in [3.05, 3.63) is 0 Å². The van der Waals surface area contributed by atoms with Crippen LogP contribution in [0.2, 0.25) is 0 Å². The van der Waals surface area contributed by atoms with Crippen molar-refractivity contribution in [3.63, 3.8) is 0 Å². The highest BCUT2D eigenvalue weighted by Gasteiger charge is 2.48. The molecule has 1 heterocycles. The summed E-state index contributed by atoms with van der Waals surface area (Å²) in [4.78, 5) is 2.73. The SMILES string of the molecule is CC(C)C1CCCN1C(C)(CN)C1CC1. The second-order valence-corrected chi connectivity index (χ2v) is 5.98. The summed E-state index contributed by atoms with van der Waals surface area (Å²) in [5.74, 6) is 1.65. The molecule has 1 aliphatic carbocycles. The summed E-state index contributed by atoms with van der Waals surface area (Å²) in [5.41, 5.74) is 6.35. The maximum absolute atomic E-state index is 6.05. The average Bonchev–Trinajstić information content (AvgIpc) is 2.94. The first-order chi connectivity index (χ1) is 7.09. The maximum Gasteiger partial charge on any atom is 0.0334 e. The van der Waals surface area contributed by atoms with Crippen LogP contribution in [-0.4, -0.2) is 29.6 Å². The lowest BCUT2D eigenvalue weighted by molar-refractivity contribution is 0.0562. The summed E-state index contributed by atoms with van der Waals surface area (Å²) in [6.45, 7) is 9.21. The van der Waals surface area contributed by atoms with Gasteiger partial charge in [0.15, 0.2) is 0 Å². The Morgan fingerprint density at radius 3 is 2.47 bits per heavy atom. The number of likely N-dealkylation sites (tertiary alicyclic amines) is 1. The highest BCUT2D eigenvalue weighted by Crippen LogP contribution is 2.45. The van der Waals surface area contributed by atoms with Crippen molar-refractivity contribution < 1.29 is 0 Å². The van der Waals surface area contributed by atoms with Gasteiger partial charge in [-0.2, -0.15) is 0 Å². The summed E-state index contributed by atoms with van der Waals surface area (Å²) in [5, 5.41) is 0. The van der Waals surface area contributed by atoms with Crippen LogP contribution in [0.5, 0.6) is 0 Å². The van der Waals surface area contributed by atoms with Gasteiger partial charge in [0.05, 0.1) is 0 Å². The van der Waals surface area contributed by atoms with Gasteiger partial charge in [-0.15, -0.1) is 0 Å². The molecule has 0 aromatic rings.